The van der Waals surface area contributed by atoms with E-state index in [1.165, 1.54) is 0 Å². The van der Waals surface area contributed by atoms with E-state index in [4.69, 9.17) is 14.3 Å². The molecule has 1 aliphatic rings. The topological polar surface area (TPSA) is 77.9 Å². The number of nitrogens with one attached hydrogen (secondary N) is 1. The summed E-state index contributed by atoms with van der Waals surface area (Å²) < 4.78 is 12.7. The fourth-order valence-electron chi connectivity index (χ4n) is 3.27. The number of aromatic nitrogens is 2. The molecule has 0 saturated heterocycles. The lowest BCUT2D eigenvalue weighted by Crippen LogP contribution is -2.45. The largest absolute Gasteiger partial charge is 0.497 e. The Balaban J connectivity index is 1.83. The van der Waals surface area contributed by atoms with Gasteiger partial charge < -0.3 is 14.4 Å². The van der Waals surface area contributed by atoms with E-state index in [1.54, 1.807) is 18.1 Å². The number of fused-ring (bicyclic) bond motifs is 1. The molecule has 0 fully saturated rings. The summed E-state index contributed by atoms with van der Waals surface area (Å²) in [6.45, 7) is 11.0. The van der Waals surface area contributed by atoms with Gasteiger partial charge in [-0.25, -0.2) is 4.79 Å². The number of ether oxygens (including phenoxy) is 2. The van der Waals surface area contributed by atoms with Gasteiger partial charge >= 0.3 is 6.09 Å². The van der Waals surface area contributed by atoms with Crippen molar-refractivity contribution in [3.63, 3.8) is 0 Å². The number of hydrogen-bond donors (Lipinski definition) is 1. The number of carbonyl (C=O) groups excluding carboxylic acids is 1. The van der Waals surface area contributed by atoms with Gasteiger partial charge in [0, 0.05) is 12.1 Å². The normalized spacial score (nSPS) is 16.1. The van der Waals surface area contributed by atoms with E-state index in [0.29, 0.717) is 26.2 Å². The van der Waals surface area contributed by atoms with Gasteiger partial charge in [0.15, 0.2) is 0 Å². The predicted octanol–water partition coefficient (Wildman–Crippen LogP) is 3.44. The molecule has 1 atom stereocenters. The highest BCUT2D eigenvalue weighted by atomic mass is 16.6. The summed E-state index contributed by atoms with van der Waals surface area (Å²) in [6, 6.07) is 7.64. The van der Waals surface area contributed by atoms with Crippen molar-refractivity contribution in [2.45, 2.75) is 45.5 Å². The van der Waals surface area contributed by atoms with E-state index in [0.717, 1.165) is 22.6 Å². The molecule has 0 spiro atoms. The van der Waals surface area contributed by atoms with E-state index >= 15 is 0 Å². The lowest BCUT2D eigenvalue weighted by atomic mass is 10.0. The number of methoxy groups -OCH3 is 1. The first kappa shape index (κ1) is 21.9. The van der Waals surface area contributed by atoms with E-state index in [-0.39, 0.29) is 12.1 Å². The van der Waals surface area contributed by atoms with Crippen molar-refractivity contribution in [2.24, 2.45) is 0 Å². The third-order valence-electron chi connectivity index (χ3n) is 4.67. The molecule has 3 rings (SSSR count). The average molecular weight is 415 g/mol. The Morgan fingerprint density at radius 1 is 1.33 bits per heavy atom. The van der Waals surface area contributed by atoms with Gasteiger partial charge in [0.05, 0.1) is 44.7 Å². The van der Waals surface area contributed by atoms with Crippen LogP contribution in [0.4, 0.5) is 4.79 Å². The summed E-state index contributed by atoms with van der Waals surface area (Å²) in [4.78, 5) is 19.9. The van der Waals surface area contributed by atoms with Crippen molar-refractivity contribution in [1.82, 2.24) is 20.2 Å². The number of amides is 1. The second-order valence-electron chi connectivity index (χ2n) is 8.18. The molecule has 8 nitrogen and oxygen atoms in total. The van der Waals surface area contributed by atoms with Crippen LogP contribution in [0.25, 0.3) is 0 Å². The van der Waals surface area contributed by atoms with Crippen molar-refractivity contribution < 1.29 is 19.1 Å². The SMILES string of the molecule is C=CCONC1CN(C(=O)OC(C)(C)C)Cc2c1cnn2Cc1ccc(OC)cc1. The molecule has 1 aromatic heterocycles. The number of hydroxylamine groups is 1. The van der Waals surface area contributed by atoms with Crippen LogP contribution in [0.2, 0.25) is 0 Å². The summed E-state index contributed by atoms with van der Waals surface area (Å²) >= 11 is 0. The second kappa shape index (κ2) is 9.32. The third-order valence-corrected chi connectivity index (χ3v) is 4.67. The smallest absolute Gasteiger partial charge is 0.410 e. The second-order valence-corrected chi connectivity index (χ2v) is 8.18. The molecule has 8 heteroatoms. The third kappa shape index (κ3) is 5.40. The highest BCUT2D eigenvalue weighted by molar-refractivity contribution is 5.68. The molecule has 1 unspecified atom stereocenters. The fourth-order valence-corrected chi connectivity index (χ4v) is 3.27. The van der Waals surface area contributed by atoms with Crippen LogP contribution in [0.3, 0.4) is 0 Å². The van der Waals surface area contributed by atoms with Crippen LogP contribution in [0.1, 0.15) is 43.6 Å². The van der Waals surface area contributed by atoms with Crippen LogP contribution in [0, 0.1) is 0 Å². The zero-order valence-electron chi connectivity index (χ0n) is 18.1. The minimum Gasteiger partial charge on any atom is -0.497 e. The van der Waals surface area contributed by atoms with Gasteiger partial charge in [0.2, 0.25) is 0 Å². The highest BCUT2D eigenvalue weighted by Crippen LogP contribution is 2.28. The molecule has 162 valence electrons. The first-order valence-electron chi connectivity index (χ1n) is 9.94. The zero-order chi connectivity index (χ0) is 21.7. The maximum absolute atomic E-state index is 12.7. The van der Waals surface area contributed by atoms with Crippen LogP contribution < -0.4 is 10.2 Å². The van der Waals surface area contributed by atoms with Crippen molar-refractivity contribution in [1.29, 1.82) is 0 Å². The summed E-state index contributed by atoms with van der Waals surface area (Å²) in [7, 11) is 1.64. The van der Waals surface area contributed by atoms with Crippen LogP contribution in [0.5, 0.6) is 5.75 Å². The van der Waals surface area contributed by atoms with Crippen LogP contribution in [0.15, 0.2) is 43.1 Å². The molecule has 0 saturated carbocycles. The molecule has 1 aromatic carbocycles. The Kier molecular flexibility index (Phi) is 6.79. The molecule has 0 bridgehead atoms. The summed E-state index contributed by atoms with van der Waals surface area (Å²) in [6.07, 6.45) is 3.14. The van der Waals surface area contributed by atoms with Gasteiger partial charge in [-0.2, -0.15) is 10.6 Å². The molecule has 30 heavy (non-hydrogen) atoms. The predicted molar refractivity (Wildman–Crippen MR) is 113 cm³/mol. The quantitative estimate of drug-likeness (QED) is 0.425. The van der Waals surface area contributed by atoms with E-state index in [9.17, 15) is 4.79 Å². The van der Waals surface area contributed by atoms with Gasteiger partial charge in [0.1, 0.15) is 11.4 Å². The van der Waals surface area contributed by atoms with Gasteiger partial charge in [-0.3, -0.25) is 9.52 Å². The van der Waals surface area contributed by atoms with Crippen LogP contribution in [-0.2, 0) is 22.7 Å². The molecular weight excluding hydrogens is 384 g/mol. The summed E-state index contributed by atoms with van der Waals surface area (Å²) in [5.74, 6) is 0.806. The number of nitrogens with zero attached hydrogens (tertiary/aromatic N) is 3. The maximum atomic E-state index is 12.7. The Morgan fingerprint density at radius 2 is 2.07 bits per heavy atom. The average Bonchev–Trinajstić information content (AvgIpc) is 3.10. The minimum atomic E-state index is -0.567. The molecular formula is C22H30N4O4. The molecule has 1 aliphatic heterocycles. The van der Waals surface area contributed by atoms with Crippen molar-refractivity contribution in [3.8, 4) is 5.75 Å². The van der Waals surface area contributed by atoms with Gasteiger partial charge in [0.25, 0.3) is 0 Å². The van der Waals surface area contributed by atoms with Gasteiger partial charge in [-0.05, 0) is 38.5 Å². The standard InChI is InChI=1S/C22H30N4O4/c1-6-11-29-24-19-14-25(21(27)30-22(2,3)4)15-20-18(19)12-23-26(20)13-16-7-9-17(28-5)10-8-16/h6-10,12,19,24H,1,11,13-15H2,2-5H3. The number of carbonyl (C=O) groups is 1. The zero-order valence-corrected chi connectivity index (χ0v) is 18.1. The molecule has 2 heterocycles. The van der Waals surface area contributed by atoms with Crippen molar-refractivity contribution in [3.05, 3.63) is 59.9 Å². The van der Waals surface area contributed by atoms with Gasteiger partial charge in [-0.1, -0.05) is 18.2 Å². The fraction of sp³-hybridized carbons (Fsp3) is 0.455. The molecule has 2 aromatic rings. The number of benzene rings is 1. The van der Waals surface area contributed by atoms with E-state index in [2.05, 4.69) is 17.2 Å². The summed E-state index contributed by atoms with van der Waals surface area (Å²) in [5, 5.41) is 4.57. The Morgan fingerprint density at radius 3 is 2.70 bits per heavy atom. The summed E-state index contributed by atoms with van der Waals surface area (Å²) in [5.41, 5.74) is 5.50. The van der Waals surface area contributed by atoms with Crippen LogP contribution in [-0.4, -0.2) is 46.6 Å². The van der Waals surface area contributed by atoms with Gasteiger partial charge in [-0.15, -0.1) is 6.58 Å². The maximum Gasteiger partial charge on any atom is 0.410 e. The first-order valence-corrected chi connectivity index (χ1v) is 9.94. The monoisotopic (exact) mass is 414 g/mol. The Labute approximate surface area is 177 Å². The molecule has 1 N–H and O–H groups in total. The molecule has 1 amide bonds. The number of hydrogen-bond acceptors (Lipinski definition) is 6. The van der Waals surface area contributed by atoms with Crippen molar-refractivity contribution >= 4 is 6.09 Å². The molecule has 0 aliphatic carbocycles. The lowest BCUT2D eigenvalue weighted by Gasteiger charge is -2.34. The van der Waals surface area contributed by atoms with Crippen LogP contribution >= 0.6 is 0 Å². The number of rotatable bonds is 7. The van der Waals surface area contributed by atoms with E-state index in [1.807, 2.05) is 55.9 Å². The van der Waals surface area contributed by atoms with Crippen molar-refractivity contribution in [2.75, 3.05) is 20.3 Å². The Bertz CT molecular complexity index is 870. The molecule has 0 radical (unpaired) electrons. The highest BCUT2D eigenvalue weighted by Gasteiger charge is 2.33. The van der Waals surface area contributed by atoms with E-state index < -0.39 is 5.60 Å². The lowest BCUT2D eigenvalue weighted by molar-refractivity contribution is -0.00236. The first-order chi connectivity index (χ1) is 14.3. The minimum absolute atomic E-state index is 0.217. The Hall–Kier alpha value is -2.84.